The number of fused-ring (bicyclic) bond motifs is 1. The SMILES string of the molecule is CN(CC[C@H]1CCCCO1)C(=O)c1ccc2c(c1)OCCO2. The first kappa shape index (κ1) is 15.2. The molecule has 0 unspecified atom stereocenters. The molecule has 1 aromatic rings. The number of hydrogen-bond acceptors (Lipinski definition) is 4. The summed E-state index contributed by atoms with van der Waals surface area (Å²) in [5.41, 5.74) is 0.635. The van der Waals surface area contributed by atoms with Crippen LogP contribution in [0.15, 0.2) is 18.2 Å². The zero-order valence-corrected chi connectivity index (χ0v) is 13.0. The van der Waals surface area contributed by atoms with E-state index in [2.05, 4.69) is 0 Å². The van der Waals surface area contributed by atoms with Crippen molar-refractivity contribution in [2.75, 3.05) is 33.4 Å². The average molecular weight is 305 g/mol. The van der Waals surface area contributed by atoms with Crippen LogP contribution in [-0.2, 0) is 4.74 Å². The van der Waals surface area contributed by atoms with Gasteiger partial charge in [-0.3, -0.25) is 4.79 Å². The molecule has 5 nitrogen and oxygen atoms in total. The number of rotatable bonds is 4. The normalized spacial score (nSPS) is 20.5. The zero-order chi connectivity index (χ0) is 15.4. The second-order valence-electron chi connectivity index (χ2n) is 5.86. The van der Waals surface area contributed by atoms with Gasteiger partial charge in [0.2, 0.25) is 0 Å². The van der Waals surface area contributed by atoms with Gasteiger partial charge in [-0.2, -0.15) is 0 Å². The largest absolute Gasteiger partial charge is 0.486 e. The number of hydrogen-bond donors (Lipinski definition) is 0. The van der Waals surface area contributed by atoms with Gasteiger partial charge in [0.15, 0.2) is 11.5 Å². The van der Waals surface area contributed by atoms with E-state index in [0.717, 1.165) is 25.9 Å². The Balaban J connectivity index is 1.57. The number of carbonyl (C=O) groups excluding carboxylic acids is 1. The molecule has 0 radical (unpaired) electrons. The number of carbonyl (C=O) groups is 1. The first-order valence-electron chi connectivity index (χ1n) is 8.01. The summed E-state index contributed by atoms with van der Waals surface area (Å²) < 4.78 is 16.7. The van der Waals surface area contributed by atoms with Crippen LogP contribution in [0.3, 0.4) is 0 Å². The molecular weight excluding hydrogens is 282 g/mol. The highest BCUT2D eigenvalue weighted by Crippen LogP contribution is 2.31. The molecular formula is C17H23NO4. The molecule has 2 heterocycles. The van der Waals surface area contributed by atoms with Crippen molar-refractivity contribution in [2.45, 2.75) is 31.8 Å². The van der Waals surface area contributed by atoms with Crippen molar-refractivity contribution < 1.29 is 19.0 Å². The van der Waals surface area contributed by atoms with E-state index in [0.29, 0.717) is 42.9 Å². The van der Waals surface area contributed by atoms with Crippen molar-refractivity contribution >= 4 is 5.91 Å². The number of nitrogens with zero attached hydrogens (tertiary/aromatic N) is 1. The molecule has 1 fully saturated rings. The predicted molar refractivity (Wildman–Crippen MR) is 82.6 cm³/mol. The second-order valence-corrected chi connectivity index (χ2v) is 5.86. The Morgan fingerprint density at radius 1 is 1.18 bits per heavy atom. The van der Waals surface area contributed by atoms with Crippen LogP contribution in [0.4, 0.5) is 0 Å². The Labute approximate surface area is 131 Å². The van der Waals surface area contributed by atoms with Crippen LogP contribution in [0.25, 0.3) is 0 Å². The van der Waals surface area contributed by atoms with Gasteiger partial charge in [0, 0.05) is 25.8 Å². The molecule has 0 bridgehead atoms. The third kappa shape index (κ3) is 3.53. The molecule has 0 spiro atoms. The maximum atomic E-state index is 12.5. The lowest BCUT2D eigenvalue weighted by Gasteiger charge is -2.25. The average Bonchev–Trinajstić information content (AvgIpc) is 2.59. The van der Waals surface area contributed by atoms with Crippen molar-refractivity contribution in [3.63, 3.8) is 0 Å². The number of benzene rings is 1. The molecule has 1 amide bonds. The van der Waals surface area contributed by atoms with Gasteiger partial charge in [-0.25, -0.2) is 0 Å². The fourth-order valence-electron chi connectivity index (χ4n) is 2.87. The molecule has 0 aromatic heterocycles. The monoisotopic (exact) mass is 305 g/mol. The van der Waals surface area contributed by atoms with Gasteiger partial charge in [-0.15, -0.1) is 0 Å². The van der Waals surface area contributed by atoms with Gasteiger partial charge in [0.1, 0.15) is 13.2 Å². The quantitative estimate of drug-likeness (QED) is 0.857. The molecule has 0 saturated carbocycles. The molecule has 0 N–H and O–H groups in total. The summed E-state index contributed by atoms with van der Waals surface area (Å²) in [6.07, 6.45) is 4.68. The van der Waals surface area contributed by atoms with Gasteiger partial charge in [-0.05, 0) is 43.9 Å². The summed E-state index contributed by atoms with van der Waals surface area (Å²) in [5.74, 6) is 1.37. The number of ether oxygens (including phenoxy) is 3. The maximum Gasteiger partial charge on any atom is 0.253 e. The summed E-state index contributed by atoms with van der Waals surface area (Å²) in [7, 11) is 1.84. The minimum absolute atomic E-state index is 0.00721. The molecule has 5 heteroatoms. The van der Waals surface area contributed by atoms with Crippen molar-refractivity contribution in [3.05, 3.63) is 23.8 Å². The predicted octanol–water partition coefficient (Wildman–Crippen LogP) is 2.49. The minimum Gasteiger partial charge on any atom is -0.486 e. The summed E-state index contributed by atoms with van der Waals surface area (Å²) in [6, 6.07) is 5.37. The van der Waals surface area contributed by atoms with Gasteiger partial charge >= 0.3 is 0 Å². The lowest BCUT2D eigenvalue weighted by Crippen LogP contribution is -2.31. The Hall–Kier alpha value is -1.75. The fraction of sp³-hybridized carbons (Fsp3) is 0.588. The lowest BCUT2D eigenvalue weighted by atomic mass is 10.1. The Bertz CT molecular complexity index is 525. The van der Waals surface area contributed by atoms with Gasteiger partial charge in [0.25, 0.3) is 5.91 Å². The standard InChI is InChI=1S/C17H23NO4/c1-18(8-7-14-4-2-3-9-20-14)17(19)13-5-6-15-16(12-13)22-11-10-21-15/h5-6,12,14H,2-4,7-11H2,1H3/t14-/m1/s1. The van der Waals surface area contributed by atoms with E-state index in [9.17, 15) is 4.79 Å². The Morgan fingerprint density at radius 3 is 2.77 bits per heavy atom. The van der Waals surface area contributed by atoms with Crippen molar-refractivity contribution in [1.82, 2.24) is 4.90 Å². The summed E-state index contributed by atoms with van der Waals surface area (Å²) >= 11 is 0. The highest BCUT2D eigenvalue weighted by atomic mass is 16.6. The van der Waals surface area contributed by atoms with Crippen LogP contribution >= 0.6 is 0 Å². The topological polar surface area (TPSA) is 48.0 Å². The second kappa shape index (κ2) is 7.01. The molecule has 1 aromatic carbocycles. The van der Waals surface area contributed by atoms with E-state index in [1.165, 1.54) is 6.42 Å². The third-order valence-corrected chi connectivity index (χ3v) is 4.20. The highest BCUT2D eigenvalue weighted by molar-refractivity contribution is 5.94. The Kier molecular flexibility index (Phi) is 4.83. The van der Waals surface area contributed by atoms with Gasteiger partial charge in [0.05, 0.1) is 6.10 Å². The summed E-state index contributed by atoms with van der Waals surface area (Å²) in [5, 5.41) is 0. The molecule has 2 aliphatic rings. The zero-order valence-electron chi connectivity index (χ0n) is 13.0. The van der Waals surface area contributed by atoms with Crippen molar-refractivity contribution in [3.8, 4) is 11.5 Å². The molecule has 1 saturated heterocycles. The van der Waals surface area contributed by atoms with Crippen LogP contribution in [0.5, 0.6) is 11.5 Å². The highest BCUT2D eigenvalue weighted by Gasteiger charge is 2.19. The van der Waals surface area contributed by atoms with E-state index in [4.69, 9.17) is 14.2 Å². The molecule has 2 aliphatic heterocycles. The molecule has 120 valence electrons. The number of amides is 1. The van der Waals surface area contributed by atoms with Crippen molar-refractivity contribution in [2.24, 2.45) is 0 Å². The van der Waals surface area contributed by atoms with Gasteiger partial charge in [-0.1, -0.05) is 0 Å². The van der Waals surface area contributed by atoms with E-state index in [1.54, 1.807) is 23.1 Å². The first-order chi connectivity index (χ1) is 10.7. The van der Waals surface area contributed by atoms with Gasteiger partial charge < -0.3 is 19.1 Å². The lowest BCUT2D eigenvalue weighted by molar-refractivity contribution is 0.00708. The smallest absolute Gasteiger partial charge is 0.253 e. The maximum absolute atomic E-state index is 12.5. The van der Waals surface area contributed by atoms with Crippen LogP contribution in [0, 0.1) is 0 Å². The van der Waals surface area contributed by atoms with Crippen LogP contribution < -0.4 is 9.47 Å². The summed E-state index contributed by atoms with van der Waals surface area (Å²) in [6.45, 7) is 2.64. The first-order valence-corrected chi connectivity index (χ1v) is 8.01. The van der Waals surface area contributed by atoms with Crippen LogP contribution in [-0.4, -0.2) is 50.3 Å². The third-order valence-electron chi connectivity index (χ3n) is 4.20. The molecule has 1 atom stereocenters. The van der Waals surface area contributed by atoms with E-state index in [-0.39, 0.29) is 5.91 Å². The van der Waals surface area contributed by atoms with Crippen LogP contribution in [0.1, 0.15) is 36.0 Å². The van der Waals surface area contributed by atoms with E-state index < -0.39 is 0 Å². The van der Waals surface area contributed by atoms with Crippen molar-refractivity contribution in [1.29, 1.82) is 0 Å². The minimum atomic E-state index is 0.00721. The summed E-state index contributed by atoms with van der Waals surface area (Å²) in [4.78, 5) is 14.2. The fourth-order valence-corrected chi connectivity index (χ4v) is 2.87. The van der Waals surface area contributed by atoms with E-state index in [1.807, 2.05) is 7.05 Å². The van der Waals surface area contributed by atoms with E-state index >= 15 is 0 Å². The molecule has 22 heavy (non-hydrogen) atoms. The van der Waals surface area contributed by atoms with Crippen LogP contribution in [0.2, 0.25) is 0 Å². The molecule has 0 aliphatic carbocycles. The molecule has 3 rings (SSSR count). The Morgan fingerprint density at radius 2 is 2.00 bits per heavy atom.